The van der Waals surface area contributed by atoms with Crippen LogP contribution in [0.5, 0.6) is 0 Å². The van der Waals surface area contributed by atoms with Gasteiger partial charge in [0.2, 0.25) is 0 Å². The van der Waals surface area contributed by atoms with Crippen LogP contribution in [0.4, 0.5) is 0 Å². The normalized spacial score (nSPS) is 16.2. The van der Waals surface area contributed by atoms with E-state index in [1.165, 1.54) is 5.57 Å². The number of halogens is 1. The van der Waals surface area contributed by atoms with E-state index < -0.39 is 8.32 Å². The first kappa shape index (κ1) is 26.6. The monoisotopic (exact) mass is 457 g/mol. The quantitative estimate of drug-likeness (QED) is 0.275. The lowest BCUT2D eigenvalue weighted by Crippen LogP contribution is -2.44. The number of nitrogens with zero attached hydrogens (tertiary/aromatic N) is 1. The van der Waals surface area contributed by atoms with Gasteiger partial charge in [-0.3, -0.25) is 0 Å². The molecule has 1 aromatic rings. The second-order valence-electron chi connectivity index (χ2n) is 9.65. The Bertz CT molecular complexity index is 691. The van der Waals surface area contributed by atoms with Gasteiger partial charge in [-0.05, 0) is 69.7 Å². The summed E-state index contributed by atoms with van der Waals surface area (Å²) in [5, 5.41) is 13.1. The molecule has 0 aromatic carbocycles. The Kier molecular flexibility index (Phi) is 10.8. The molecule has 0 aliphatic heterocycles. The number of aliphatic hydroxyl groups excluding tert-OH is 1. The maximum absolute atomic E-state index is 9.18. The van der Waals surface area contributed by atoms with Gasteiger partial charge < -0.3 is 9.53 Å². The van der Waals surface area contributed by atoms with Crippen LogP contribution in [0.15, 0.2) is 22.1 Å². The van der Waals surface area contributed by atoms with Gasteiger partial charge in [-0.2, -0.15) is 0 Å². The van der Waals surface area contributed by atoms with Crippen molar-refractivity contribution in [3.8, 4) is 0 Å². The highest BCUT2D eigenvalue weighted by molar-refractivity contribution is 7.09. The van der Waals surface area contributed by atoms with Gasteiger partial charge in [-0.1, -0.05) is 50.9 Å². The maximum atomic E-state index is 9.18. The van der Waals surface area contributed by atoms with Crippen LogP contribution in [0.2, 0.25) is 18.1 Å². The fourth-order valence-electron chi connectivity index (χ4n) is 2.66. The Labute approximate surface area is 188 Å². The van der Waals surface area contributed by atoms with Crippen LogP contribution in [0.1, 0.15) is 71.0 Å². The Balaban J connectivity index is 2.92. The molecule has 3 nitrogen and oxygen atoms in total. The highest BCUT2D eigenvalue weighted by Crippen LogP contribution is 2.39. The minimum absolute atomic E-state index is 0.124. The van der Waals surface area contributed by atoms with E-state index in [4.69, 9.17) is 16.0 Å². The molecular weight excluding hydrogens is 418 g/mol. The van der Waals surface area contributed by atoms with E-state index in [0.717, 1.165) is 41.4 Å². The van der Waals surface area contributed by atoms with E-state index in [0.29, 0.717) is 5.92 Å². The fraction of sp³-hybridized carbons (Fsp3) is 0.696. The molecule has 0 saturated heterocycles. The molecule has 0 aliphatic carbocycles. The summed E-state index contributed by atoms with van der Waals surface area (Å²) in [6.45, 7) is 17.8. The first-order chi connectivity index (χ1) is 13.4. The van der Waals surface area contributed by atoms with Crippen molar-refractivity contribution in [2.75, 3.05) is 6.61 Å². The Morgan fingerprint density at radius 1 is 1.38 bits per heavy atom. The number of thiazole rings is 1. The predicted octanol–water partition coefficient (Wildman–Crippen LogP) is 7.56. The molecule has 0 fully saturated rings. The topological polar surface area (TPSA) is 42.4 Å². The lowest BCUT2D eigenvalue weighted by molar-refractivity contribution is 0.224. The predicted molar refractivity (Wildman–Crippen MR) is 131 cm³/mol. The zero-order chi connectivity index (χ0) is 22.2. The van der Waals surface area contributed by atoms with E-state index >= 15 is 0 Å². The van der Waals surface area contributed by atoms with Crippen LogP contribution < -0.4 is 0 Å². The van der Waals surface area contributed by atoms with E-state index in [-0.39, 0.29) is 17.7 Å². The molecule has 0 radical (unpaired) electrons. The zero-order valence-electron chi connectivity index (χ0n) is 19.5. The SMILES string of the molecule is C/C(=C\C[C@H](O[Si](C)(C)C(C)(C)C)/C(Cl)=C/c1csc(C)n1)CCC[C@H](C)CO. The molecule has 0 unspecified atom stereocenters. The van der Waals surface area contributed by atoms with Gasteiger partial charge in [0, 0.05) is 17.0 Å². The van der Waals surface area contributed by atoms with E-state index in [1.807, 2.05) is 18.4 Å². The summed E-state index contributed by atoms with van der Waals surface area (Å²) >= 11 is 8.39. The summed E-state index contributed by atoms with van der Waals surface area (Å²) in [6.07, 6.45) is 8.04. The minimum Gasteiger partial charge on any atom is -0.409 e. The van der Waals surface area contributed by atoms with Gasteiger partial charge in [0.1, 0.15) is 0 Å². The average molecular weight is 458 g/mol. The summed E-state index contributed by atoms with van der Waals surface area (Å²) in [6, 6.07) is 0. The number of aromatic nitrogens is 1. The summed E-state index contributed by atoms with van der Waals surface area (Å²) in [5.41, 5.74) is 2.26. The zero-order valence-corrected chi connectivity index (χ0v) is 22.1. The summed E-state index contributed by atoms with van der Waals surface area (Å²) in [7, 11) is -1.96. The molecular formula is C23H40ClNO2SSi. The highest BCUT2D eigenvalue weighted by atomic mass is 35.5. The standard InChI is InChI=1S/C23H40ClNO2SSi/c1-17(10-9-11-18(2)15-26)12-13-22(27-29(7,8)23(4,5)6)21(24)14-20-16-28-19(3)25-20/h12,14,16,18,22,26H,9-11,13,15H2,1-8H3/b17-12+,21-14-/t18-,22-/m0/s1. The minimum atomic E-state index is -1.96. The molecule has 0 bridgehead atoms. The van der Waals surface area contributed by atoms with Crippen molar-refractivity contribution in [3.63, 3.8) is 0 Å². The van der Waals surface area contributed by atoms with E-state index in [2.05, 4.69) is 58.8 Å². The summed E-state index contributed by atoms with van der Waals surface area (Å²) < 4.78 is 6.69. The Hall–Kier alpha value is -0.463. The molecule has 6 heteroatoms. The molecule has 0 amide bonds. The summed E-state index contributed by atoms with van der Waals surface area (Å²) in [4.78, 5) is 4.52. The van der Waals surface area contributed by atoms with Crippen LogP contribution in [-0.4, -0.2) is 31.1 Å². The molecule has 166 valence electrons. The Morgan fingerprint density at radius 2 is 2.03 bits per heavy atom. The fourth-order valence-corrected chi connectivity index (χ4v) is 4.84. The largest absolute Gasteiger partial charge is 0.409 e. The number of rotatable bonds is 11. The maximum Gasteiger partial charge on any atom is 0.192 e. The third kappa shape index (κ3) is 9.47. The molecule has 1 aromatic heterocycles. The lowest BCUT2D eigenvalue weighted by Gasteiger charge is -2.39. The molecule has 1 rings (SSSR count). The van der Waals surface area contributed by atoms with Crippen molar-refractivity contribution in [1.82, 2.24) is 4.98 Å². The molecule has 0 saturated carbocycles. The molecule has 0 aliphatic rings. The number of hydrogen-bond donors (Lipinski definition) is 1. The van der Waals surface area contributed by atoms with Gasteiger partial charge in [0.05, 0.1) is 16.8 Å². The van der Waals surface area contributed by atoms with Crippen molar-refractivity contribution in [3.05, 3.63) is 32.8 Å². The smallest absolute Gasteiger partial charge is 0.192 e. The van der Waals surface area contributed by atoms with Crippen LogP contribution in [0, 0.1) is 12.8 Å². The van der Waals surface area contributed by atoms with Crippen LogP contribution in [0.25, 0.3) is 6.08 Å². The van der Waals surface area contributed by atoms with Crippen molar-refractivity contribution in [1.29, 1.82) is 0 Å². The lowest BCUT2D eigenvalue weighted by atomic mass is 10.0. The van der Waals surface area contributed by atoms with Crippen LogP contribution in [-0.2, 0) is 4.43 Å². The first-order valence-electron chi connectivity index (χ1n) is 10.6. The van der Waals surface area contributed by atoms with E-state index in [9.17, 15) is 5.11 Å². The number of allylic oxidation sites excluding steroid dienone is 1. The van der Waals surface area contributed by atoms with Crippen LogP contribution in [0.3, 0.4) is 0 Å². The third-order valence-corrected chi connectivity index (χ3v) is 11.4. The number of aliphatic hydroxyl groups is 1. The van der Waals surface area contributed by atoms with Crippen LogP contribution >= 0.6 is 22.9 Å². The molecule has 1 heterocycles. The van der Waals surface area contributed by atoms with Crippen molar-refractivity contribution < 1.29 is 9.53 Å². The van der Waals surface area contributed by atoms with Crippen molar-refractivity contribution in [2.24, 2.45) is 5.92 Å². The van der Waals surface area contributed by atoms with Gasteiger partial charge >= 0.3 is 0 Å². The van der Waals surface area contributed by atoms with Crippen molar-refractivity contribution >= 4 is 37.3 Å². The van der Waals surface area contributed by atoms with Gasteiger partial charge in [-0.25, -0.2) is 4.98 Å². The average Bonchev–Trinajstić information content (AvgIpc) is 3.01. The number of aryl methyl sites for hydroxylation is 1. The Morgan fingerprint density at radius 3 is 2.55 bits per heavy atom. The van der Waals surface area contributed by atoms with E-state index in [1.54, 1.807) is 11.3 Å². The van der Waals surface area contributed by atoms with Crippen molar-refractivity contribution in [2.45, 2.75) is 91.5 Å². The molecule has 29 heavy (non-hydrogen) atoms. The highest BCUT2D eigenvalue weighted by Gasteiger charge is 2.39. The molecule has 2 atom stereocenters. The second-order valence-corrected chi connectivity index (χ2v) is 15.9. The molecule has 0 spiro atoms. The van der Waals surface area contributed by atoms with Gasteiger partial charge in [0.25, 0.3) is 0 Å². The third-order valence-electron chi connectivity index (χ3n) is 5.73. The number of hydrogen-bond acceptors (Lipinski definition) is 4. The molecule has 1 N–H and O–H groups in total. The van der Waals surface area contributed by atoms with Gasteiger partial charge in [-0.15, -0.1) is 11.3 Å². The summed E-state index contributed by atoms with van der Waals surface area (Å²) in [5.74, 6) is 0.372. The van der Waals surface area contributed by atoms with Gasteiger partial charge in [0.15, 0.2) is 8.32 Å². The second kappa shape index (κ2) is 11.8. The first-order valence-corrected chi connectivity index (χ1v) is 14.8.